The van der Waals surface area contributed by atoms with Crippen molar-refractivity contribution in [3.05, 3.63) is 66.7 Å². The van der Waals surface area contributed by atoms with E-state index in [1.54, 1.807) is 0 Å². The second kappa shape index (κ2) is 8.37. The van der Waals surface area contributed by atoms with Crippen LogP contribution in [0.1, 0.15) is 12.8 Å². The highest BCUT2D eigenvalue weighted by molar-refractivity contribution is 5.69. The number of aromatic nitrogens is 1. The molecule has 3 nitrogen and oxygen atoms in total. The quantitative estimate of drug-likeness (QED) is 0.481. The van der Waals surface area contributed by atoms with Crippen molar-refractivity contribution in [1.29, 1.82) is 0 Å². The summed E-state index contributed by atoms with van der Waals surface area (Å²) in [6.45, 7) is 3.46. The predicted octanol–water partition coefficient (Wildman–Crippen LogP) is 0.855. The van der Waals surface area contributed by atoms with Crippen LogP contribution in [-0.2, 0) is 6.54 Å². The fourth-order valence-corrected chi connectivity index (χ4v) is 2.60. The van der Waals surface area contributed by atoms with E-state index in [1.807, 2.05) is 65.7 Å². The Labute approximate surface area is 153 Å². The van der Waals surface area contributed by atoms with Gasteiger partial charge in [-0.25, -0.2) is 0 Å². The number of benzene rings is 2. The molecule has 0 aliphatic heterocycles. The lowest BCUT2D eigenvalue weighted by atomic mass is 10.3. The third kappa shape index (κ3) is 3.69. The Hall–Kier alpha value is -2.51. The van der Waals surface area contributed by atoms with Gasteiger partial charge in [0, 0.05) is 18.0 Å². The van der Waals surface area contributed by atoms with Crippen LogP contribution in [0.15, 0.2) is 65.2 Å². The Balaban J connectivity index is 0.00000208. The molecule has 0 aliphatic rings. The third-order valence-electron chi connectivity index (χ3n) is 3.70. The highest BCUT2D eigenvalue weighted by Gasteiger charge is 2.18. The maximum atomic E-state index is 5.95. The zero-order valence-corrected chi connectivity index (χ0v) is 15.1. The minimum atomic E-state index is 0. The van der Waals surface area contributed by atoms with Gasteiger partial charge in [-0.1, -0.05) is 36.3 Å². The maximum absolute atomic E-state index is 5.95. The number of halogens is 1. The van der Waals surface area contributed by atoms with Crippen LogP contribution >= 0.6 is 0 Å². The first-order valence-electron chi connectivity index (χ1n) is 7.68. The fraction of sp³-hybridized carbons (Fsp3) is 0.150. The number of anilines is 1. The molecular formula is C20H19BrN2O. The zero-order chi connectivity index (χ0) is 16.1. The average molecular weight is 383 g/mol. The molecule has 0 radical (unpaired) electrons. The van der Waals surface area contributed by atoms with Crippen molar-refractivity contribution in [3.63, 3.8) is 0 Å². The smallest absolute Gasteiger partial charge is 0.375 e. The van der Waals surface area contributed by atoms with E-state index in [2.05, 4.69) is 23.5 Å². The number of para-hydroxylation sites is 3. The summed E-state index contributed by atoms with van der Waals surface area (Å²) in [5.41, 5.74) is 3.04. The van der Waals surface area contributed by atoms with Crippen molar-refractivity contribution in [2.24, 2.45) is 0 Å². The molecule has 0 spiro atoms. The lowest BCUT2D eigenvalue weighted by Gasteiger charge is -2.16. The number of terminal acetylenes is 1. The molecule has 122 valence electrons. The summed E-state index contributed by atoms with van der Waals surface area (Å²) in [5.74, 6) is 3.51. The Bertz CT molecular complexity index is 862. The molecular weight excluding hydrogens is 364 g/mol. The van der Waals surface area contributed by atoms with Crippen molar-refractivity contribution in [2.45, 2.75) is 13.5 Å². The van der Waals surface area contributed by atoms with Gasteiger partial charge in [0.05, 0.1) is 12.6 Å². The van der Waals surface area contributed by atoms with Gasteiger partial charge in [0.25, 0.3) is 5.52 Å². The standard InChI is InChI=1S/C20H19N2O.BrH/c1-3-15-21(17-10-6-5-7-11-17)16-14-20-22(4-2)18-12-8-9-13-19(18)23-20;/h1,5-14,16H,4,15H2,2H3;1H/q+1;/p-1. The van der Waals surface area contributed by atoms with Gasteiger partial charge in [-0.15, -0.1) is 6.42 Å². The van der Waals surface area contributed by atoms with Gasteiger partial charge in [0.1, 0.15) is 6.54 Å². The van der Waals surface area contributed by atoms with Gasteiger partial charge in [0.2, 0.25) is 5.58 Å². The molecule has 0 N–H and O–H groups in total. The number of rotatable bonds is 5. The van der Waals surface area contributed by atoms with Crippen LogP contribution in [-0.4, -0.2) is 6.54 Å². The topological polar surface area (TPSA) is 20.3 Å². The molecule has 0 amide bonds. The molecule has 2 aromatic carbocycles. The van der Waals surface area contributed by atoms with E-state index in [1.165, 1.54) is 0 Å². The Morgan fingerprint density at radius 3 is 2.54 bits per heavy atom. The molecule has 0 unspecified atom stereocenters. The molecule has 0 saturated heterocycles. The molecule has 1 aromatic heterocycles. The Morgan fingerprint density at radius 2 is 1.83 bits per heavy atom. The van der Waals surface area contributed by atoms with Crippen LogP contribution in [0.5, 0.6) is 0 Å². The third-order valence-corrected chi connectivity index (χ3v) is 3.70. The number of oxazole rings is 1. The maximum Gasteiger partial charge on any atom is 0.375 e. The van der Waals surface area contributed by atoms with Crippen LogP contribution in [0.2, 0.25) is 0 Å². The second-order valence-corrected chi connectivity index (χ2v) is 5.14. The minimum absolute atomic E-state index is 0. The van der Waals surface area contributed by atoms with Gasteiger partial charge in [0.15, 0.2) is 0 Å². The first-order chi connectivity index (χ1) is 11.3. The summed E-state index contributed by atoms with van der Waals surface area (Å²) >= 11 is 0. The molecule has 3 aromatic rings. The van der Waals surface area contributed by atoms with Crippen molar-refractivity contribution in [2.75, 3.05) is 11.4 Å². The van der Waals surface area contributed by atoms with E-state index in [0.717, 1.165) is 29.2 Å². The average Bonchev–Trinajstić information content (AvgIpc) is 2.96. The largest absolute Gasteiger partial charge is 1.00 e. The van der Waals surface area contributed by atoms with Crippen molar-refractivity contribution < 1.29 is 26.0 Å². The molecule has 24 heavy (non-hydrogen) atoms. The second-order valence-electron chi connectivity index (χ2n) is 5.14. The number of aryl methyl sites for hydroxylation is 1. The van der Waals surface area contributed by atoms with E-state index in [4.69, 9.17) is 10.8 Å². The highest BCUT2D eigenvalue weighted by Crippen LogP contribution is 2.17. The number of nitrogens with zero attached hydrogens (tertiary/aromatic N) is 2. The molecule has 4 heteroatoms. The van der Waals surface area contributed by atoms with Gasteiger partial charge >= 0.3 is 5.89 Å². The summed E-state index contributed by atoms with van der Waals surface area (Å²) in [6, 6.07) is 18.1. The molecule has 0 saturated carbocycles. The minimum Gasteiger partial charge on any atom is -1.00 e. The van der Waals surface area contributed by atoms with Crippen molar-refractivity contribution >= 4 is 22.9 Å². The van der Waals surface area contributed by atoms with E-state index < -0.39 is 0 Å². The molecule has 1 heterocycles. The first kappa shape index (κ1) is 17.8. The molecule has 3 rings (SSSR count). The Kier molecular flexibility index (Phi) is 6.22. The summed E-state index contributed by atoms with van der Waals surface area (Å²) in [6.07, 6.45) is 9.44. The SMILES string of the molecule is C#CCN(C=Cc1oc2ccccc2[n+]1CC)c1ccccc1.[Br-]. The van der Waals surface area contributed by atoms with E-state index in [9.17, 15) is 0 Å². The number of fused-ring (bicyclic) bond motifs is 1. The first-order valence-corrected chi connectivity index (χ1v) is 7.68. The van der Waals surface area contributed by atoms with Crippen LogP contribution in [0.4, 0.5) is 5.69 Å². The van der Waals surface area contributed by atoms with Crippen LogP contribution in [0.25, 0.3) is 17.2 Å². The summed E-state index contributed by atoms with van der Waals surface area (Å²) in [7, 11) is 0. The summed E-state index contributed by atoms with van der Waals surface area (Å²) in [4.78, 5) is 2.02. The van der Waals surface area contributed by atoms with E-state index in [0.29, 0.717) is 6.54 Å². The van der Waals surface area contributed by atoms with Crippen molar-refractivity contribution in [3.8, 4) is 12.3 Å². The summed E-state index contributed by atoms with van der Waals surface area (Å²) < 4.78 is 8.10. The predicted molar refractivity (Wildman–Crippen MR) is 93.7 cm³/mol. The Morgan fingerprint density at radius 1 is 1.12 bits per heavy atom. The molecule has 0 aliphatic carbocycles. The van der Waals surface area contributed by atoms with E-state index >= 15 is 0 Å². The van der Waals surface area contributed by atoms with Crippen LogP contribution < -0.4 is 26.4 Å². The fourth-order valence-electron chi connectivity index (χ4n) is 2.60. The van der Waals surface area contributed by atoms with Crippen molar-refractivity contribution in [1.82, 2.24) is 0 Å². The van der Waals surface area contributed by atoms with Crippen LogP contribution in [0, 0.1) is 12.3 Å². The molecule has 0 fully saturated rings. The van der Waals surface area contributed by atoms with Gasteiger partial charge in [-0.2, -0.15) is 4.57 Å². The van der Waals surface area contributed by atoms with Crippen LogP contribution in [0.3, 0.4) is 0 Å². The normalized spacial score (nSPS) is 10.5. The van der Waals surface area contributed by atoms with Gasteiger partial charge in [-0.3, -0.25) is 0 Å². The number of hydrogen-bond acceptors (Lipinski definition) is 2. The lowest BCUT2D eigenvalue weighted by Crippen LogP contribution is -3.00. The monoisotopic (exact) mass is 382 g/mol. The van der Waals surface area contributed by atoms with Gasteiger partial charge in [-0.05, 0) is 25.1 Å². The number of hydrogen-bond donors (Lipinski definition) is 0. The van der Waals surface area contributed by atoms with Gasteiger partial charge < -0.3 is 26.3 Å². The summed E-state index contributed by atoms with van der Waals surface area (Å²) in [5, 5.41) is 0. The zero-order valence-electron chi connectivity index (χ0n) is 13.5. The molecule has 0 bridgehead atoms. The molecule has 0 atom stereocenters. The van der Waals surface area contributed by atoms with E-state index in [-0.39, 0.29) is 17.0 Å². The highest BCUT2D eigenvalue weighted by atomic mass is 79.9. The lowest BCUT2D eigenvalue weighted by molar-refractivity contribution is -0.674.